The van der Waals surface area contributed by atoms with Crippen LogP contribution in [0.25, 0.3) is 5.57 Å². The van der Waals surface area contributed by atoms with Crippen LogP contribution in [0.15, 0.2) is 30.3 Å². The van der Waals surface area contributed by atoms with E-state index in [1.54, 1.807) is 0 Å². The summed E-state index contributed by atoms with van der Waals surface area (Å²) in [6.45, 7) is 5.46. The van der Waals surface area contributed by atoms with E-state index < -0.39 is 0 Å². The van der Waals surface area contributed by atoms with E-state index >= 15 is 0 Å². The van der Waals surface area contributed by atoms with Gasteiger partial charge in [0.05, 0.1) is 0 Å². The summed E-state index contributed by atoms with van der Waals surface area (Å²) in [4.78, 5) is 2.39. The van der Waals surface area contributed by atoms with Gasteiger partial charge in [-0.2, -0.15) is 0 Å². The zero-order valence-electron chi connectivity index (χ0n) is 9.12. The first-order valence-electron chi connectivity index (χ1n) is 5.18. The monoisotopic (exact) mass is 187 g/mol. The number of hydrogen-bond acceptors (Lipinski definition) is 1. The molecule has 1 heteroatoms. The van der Waals surface area contributed by atoms with Gasteiger partial charge in [0.15, 0.2) is 0 Å². The van der Waals surface area contributed by atoms with Gasteiger partial charge in [0.1, 0.15) is 0 Å². The molecule has 1 aliphatic heterocycles. The molecule has 0 spiro atoms. The lowest BCUT2D eigenvalue weighted by Crippen LogP contribution is -2.34. The molecule has 0 aromatic heterocycles. The summed E-state index contributed by atoms with van der Waals surface area (Å²) in [5.74, 6) is 0. The number of fused-ring (bicyclic) bond motifs is 1. The lowest BCUT2D eigenvalue weighted by atomic mass is 9.90. The van der Waals surface area contributed by atoms with Crippen molar-refractivity contribution in [3.63, 3.8) is 0 Å². The first kappa shape index (κ1) is 9.47. The van der Waals surface area contributed by atoms with Crippen LogP contribution in [0.3, 0.4) is 0 Å². The first-order chi connectivity index (χ1) is 6.74. The SMILES string of the molecule is C/C=C1\c2ccccc2CN(C)[C@H]1C. The molecule has 1 aliphatic rings. The number of allylic oxidation sites excluding steroid dienone is 1. The molecule has 14 heavy (non-hydrogen) atoms. The Morgan fingerprint density at radius 3 is 2.79 bits per heavy atom. The summed E-state index contributed by atoms with van der Waals surface area (Å²) >= 11 is 0. The number of benzene rings is 1. The van der Waals surface area contributed by atoms with E-state index in [0.29, 0.717) is 6.04 Å². The van der Waals surface area contributed by atoms with Crippen molar-refractivity contribution in [3.05, 3.63) is 41.5 Å². The summed E-state index contributed by atoms with van der Waals surface area (Å²) in [6.07, 6.45) is 2.24. The molecule has 0 saturated heterocycles. The average Bonchev–Trinajstić information content (AvgIpc) is 2.20. The third-order valence-corrected chi connectivity index (χ3v) is 3.17. The van der Waals surface area contributed by atoms with Crippen LogP contribution in [0.5, 0.6) is 0 Å². The van der Waals surface area contributed by atoms with Gasteiger partial charge in [0.25, 0.3) is 0 Å². The van der Waals surface area contributed by atoms with E-state index in [1.807, 2.05) is 0 Å². The lowest BCUT2D eigenvalue weighted by molar-refractivity contribution is 0.286. The highest BCUT2D eigenvalue weighted by atomic mass is 15.1. The van der Waals surface area contributed by atoms with E-state index in [1.165, 1.54) is 16.7 Å². The third kappa shape index (κ3) is 1.38. The fourth-order valence-corrected chi connectivity index (χ4v) is 2.20. The first-order valence-corrected chi connectivity index (χ1v) is 5.18. The lowest BCUT2D eigenvalue weighted by Gasteiger charge is -2.34. The quantitative estimate of drug-likeness (QED) is 0.603. The molecule has 0 radical (unpaired) electrons. The van der Waals surface area contributed by atoms with Gasteiger partial charge in [-0.3, -0.25) is 4.90 Å². The second kappa shape index (κ2) is 3.58. The van der Waals surface area contributed by atoms with Crippen LogP contribution in [0.2, 0.25) is 0 Å². The van der Waals surface area contributed by atoms with E-state index in [9.17, 15) is 0 Å². The van der Waals surface area contributed by atoms with Crippen LogP contribution in [0.1, 0.15) is 25.0 Å². The van der Waals surface area contributed by atoms with Crippen LogP contribution in [-0.4, -0.2) is 18.0 Å². The zero-order chi connectivity index (χ0) is 10.1. The van der Waals surface area contributed by atoms with Crippen LogP contribution in [0, 0.1) is 0 Å². The van der Waals surface area contributed by atoms with Gasteiger partial charge in [-0.1, -0.05) is 30.3 Å². The molecule has 1 nitrogen and oxygen atoms in total. The molecule has 1 aromatic carbocycles. The minimum absolute atomic E-state index is 0.537. The van der Waals surface area contributed by atoms with E-state index in [0.717, 1.165) is 6.54 Å². The summed E-state index contributed by atoms with van der Waals surface area (Å²) in [5.41, 5.74) is 4.33. The fraction of sp³-hybridized carbons (Fsp3) is 0.385. The Balaban J connectivity index is 2.53. The molecule has 0 saturated carbocycles. The predicted molar refractivity (Wildman–Crippen MR) is 61.0 cm³/mol. The van der Waals surface area contributed by atoms with Gasteiger partial charge in [-0.25, -0.2) is 0 Å². The molecule has 2 rings (SSSR count). The maximum atomic E-state index is 2.39. The largest absolute Gasteiger partial charge is 0.295 e. The van der Waals surface area contributed by atoms with Crippen molar-refractivity contribution < 1.29 is 0 Å². The molecule has 74 valence electrons. The number of likely N-dealkylation sites (N-methyl/N-ethyl adjacent to an activating group) is 1. The van der Waals surface area contributed by atoms with E-state index in [-0.39, 0.29) is 0 Å². The fourth-order valence-electron chi connectivity index (χ4n) is 2.20. The van der Waals surface area contributed by atoms with Crippen molar-refractivity contribution in [2.45, 2.75) is 26.4 Å². The van der Waals surface area contributed by atoms with E-state index in [2.05, 4.69) is 56.1 Å². The van der Waals surface area contributed by atoms with E-state index in [4.69, 9.17) is 0 Å². The van der Waals surface area contributed by atoms with Crippen molar-refractivity contribution in [1.82, 2.24) is 4.90 Å². The zero-order valence-corrected chi connectivity index (χ0v) is 9.12. The summed E-state index contributed by atoms with van der Waals surface area (Å²) in [6, 6.07) is 9.24. The molecule has 1 atom stereocenters. The standard InChI is InChI=1S/C13H17N/c1-4-12-10(2)14(3)9-11-7-5-6-8-13(11)12/h4-8,10H,9H2,1-3H3/b12-4-/t10-/m0/s1. The Hall–Kier alpha value is -1.08. The van der Waals surface area contributed by atoms with Gasteiger partial charge < -0.3 is 0 Å². The number of rotatable bonds is 0. The Kier molecular flexibility index (Phi) is 2.42. The molecule has 1 heterocycles. The van der Waals surface area contributed by atoms with Gasteiger partial charge in [-0.05, 0) is 37.6 Å². The smallest absolute Gasteiger partial charge is 0.0323 e. The summed E-state index contributed by atoms with van der Waals surface area (Å²) in [7, 11) is 2.18. The third-order valence-electron chi connectivity index (χ3n) is 3.17. The predicted octanol–water partition coefficient (Wildman–Crippen LogP) is 2.92. The van der Waals surface area contributed by atoms with Crippen molar-refractivity contribution in [1.29, 1.82) is 0 Å². The van der Waals surface area contributed by atoms with Crippen LogP contribution < -0.4 is 0 Å². The molecular weight excluding hydrogens is 170 g/mol. The Morgan fingerprint density at radius 1 is 1.36 bits per heavy atom. The summed E-state index contributed by atoms with van der Waals surface area (Å²) in [5, 5.41) is 0. The van der Waals surface area contributed by atoms with Gasteiger partial charge in [0, 0.05) is 12.6 Å². The second-order valence-corrected chi connectivity index (χ2v) is 3.99. The number of nitrogens with zero attached hydrogens (tertiary/aromatic N) is 1. The van der Waals surface area contributed by atoms with Gasteiger partial charge >= 0.3 is 0 Å². The van der Waals surface area contributed by atoms with Crippen molar-refractivity contribution >= 4 is 5.57 Å². The Morgan fingerprint density at radius 2 is 2.07 bits per heavy atom. The van der Waals surface area contributed by atoms with Gasteiger partial charge in [-0.15, -0.1) is 0 Å². The average molecular weight is 187 g/mol. The molecule has 0 bridgehead atoms. The molecule has 0 amide bonds. The van der Waals surface area contributed by atoms with Crippen molar-refractivity contribution in [2.75, 3.05) is 7.05 Å². The summed E-state index contributed by atoms with van der Waals surface area (Å²) < 4.78 is 0. The highest BCUT2D eigenvalue weighted by Crippen LogP contribution is 2.30. The second-order valence-electron chi connectivity index (χ2n) is 3.99. The van der Waals surface area contributed by atoms with Crippen LogP contribution >= 0.6 is 0 Å². The van der Waals surface area contributed by atoms with Crippen LogP contribution in [-0.2, 0) is 6.54 Å². The normalized spacial score (nSPS) is 25.1. The van der Waals surface area contributed by atoms with Crippen molar-refractivity contribution in [3.8, 4) is 0 Å². The van der Waals surface area contributed by atoms with Crippen molar-refractivity contribution in [2.24, 2.45) is 0 Å². The highest BCUT2D eigenvalue weighted by molar-refractivity contribution is 5.73. The molecule has 1 aromatic rings. The maximum Gasteiger partial charge on any atom is 0.0323 e. The molecule has 0 fully saturated rings. The molecule has 0 unspecified atom stereocenters. The number of hydrogen-bond donors (Lipinski definition) is 0. The Bertz CT molecular complexity index is 365. The minimum Gasteiger partial charge on any atom is -0.295 e. The highest BCUT2D eigenvalue weighted by Gasteiger charge is 2.23. The molecular formula is C13H17N. The Labute approximate surface area is 86.1 Å². The molecule has 0 aliphatic carbocycles. The molecule has 0 N–H and O–H groups in total. The van der Waals surface area contributed by atoms with Gasteiger partial charge in [0.2, 0.25) is 0 Å². The van der Waals surface area contributed by atoms with Crippen LogP contribution in [0.4, 0.5) is 0 Å². The maximum absolute atomic E-state index is 2.39. The minimum atomic E-state index is 0.537. The topological polar surface area (TPSA) is 3.24 Å².